The third-order valence-electron chi connectivity index (χ3n) is 3.99. The smallest absolute Gasteiger partial charge is 0.0352 e. The highest BCUT2D eigenvalue weighted by atomic mass is 14.6. The van der Waals surface area contributed by atoms with Crippen LogP contribution in [0.2, 0.25) is 0 Å². The second kappa shape index (κ2) is 6.68. The molecule has 0 aromatic heterocycles. The normalized spacial score (nSPS) is 11.4. The first kappa shape index (κ1) is 14.1. The van der Waals surface area contributed by atoms with E-state index >= 15 is 0 Å². The van der Waals surface area contributed by atoms with Crippen LogP contribution >= 0.6 is 0 Å². The van der Waals surface area contributed by atoms with Crippen molar-refractivity contribution in [1.29, 1.82) is 0 Å². The number of hydrogen-bond donors (Lipinski definition) is 1. The molecule has 0 spiro atoms. The summed E-state index contributed by atoms with van der Waals surface area (Å²) in [4.78, 5) is 0. The number of nitrogens with two attached hydrogens (primary N) is 1. The van der Waals surface area contributed by atoms with E-state index in [2.05, 4.69) is 45.9 Å². The number of anilines is 1. The van der Waals surface area contributed by atoms with E-state index in [0.717, 1.165) is 5.69 Å². The predicted molar refractivity (Wildman–Crippen MR) is 77.5 cm³/mol. The molecule has 0 amide bonds. The van der Waals surface area contributed by atoms with Gasteiger partial charge < -0.3 is 5.73 Å². The van der Waals surface area contributed by atoms with Gasteiger partial charge in [-0.3, -0.25) is 0 Å². The lowest BCUT2D eigenvalue weighted by atomic mass is 9.82. The molecule has 96 valence electrons. The summed E-state index contributed by atoms with van der Waals surface area (Å²) in [5.41, 5.74) is 10.1. The summed E-state index contributed by atoms with van der Waals surface area (Å²) < 4.78 is 0. The molecule has 17 heavy (non-hydrogen) atoms. The van der Waals surface area contributed by atoms with Gasteiger partial charge >= 0.3 is 0 Å². The van der Waals surface area contributed by atoms with E-state index < -0.39 is 0 Å². The van der Waals surface area contributed by atoms with E-state index in [1.807, 2.05) is 0 Å². The molecule has 0 aliphatic rings. The van der Waals surface area contributed by atoms with E-state index in [0.29, 0.717) is 11.8 Å². The fourth-order valence-corrected chi connectivity index (χ4v) is 2.85. The summed E-state index contributed by atoms with van der Waals surface area (Å²) in [6.45, 7) is 9.07. The molecule has 1 rings (SSSR count). The van der Waals surface area contributed by atoms with Crippen molar-refractivity contribution < 1.29 is 0 Å². The zero-order chi connectivity index (χ0) is 12.8. The summed E-state index contributed by atoms with van der Waals surface area (Å²) >= 11 is 0. The van der Waals surface area contributed by atoms with Gasteiger partial charge in [0.2, 0.25) is 0 Å². The summed E-state index contributed by atoms with van der Waals surface area (Å²) in [6.07, 6.45) is 4.76. The van der Waals surface area contributed by atoms with Crippen molar-refractivity contribution in [2.45, 2.75) is 65.2 Å². The molecule has 0 fully saturated rings. The zero-order valence-electron chi connectivity index (χ0n) is 11.8. The van der Waals surface area contributed by atoms with E-state index in [4.69, 9.17) is 5.73 Å². The molecule has 0 atom stereocenters. The Labute approximate surface area is 106 Å². The fraction of sp³-hybridized carbons (Fsp3) is 0.625. The lowest BCUT2D eigenvalue weighted by Gasteiger charge is -2.24. The van der Waals surface area contributed by atoms with Crippen LogP contribution < -0.4 is 5.73 Å². The van der Waals surface area contributed by atoms with Crippen LogP contribution in [0.15, 0.2) is 18.2 Å². The average Bonchev–Trinajstić information content (AvgIpc) is 2.35. The van der Waals surface area contributed by atoms with Gasteiger partial charge in [-0.25, -0.2) is 0 Å². The molecule has 0 aliphatic carbocycles. The SMILES string of the molecule is CCC(CC)c1cccc(N)c1C(CC)CC. The van der Waals surface area contributed by atoms with Crippen LogP contribution in [0.25, 0.3) is 0 Å². The first-order valence-corrected chi connectivity index (χ1v) is 7.07. The minimum Gasteiger partial charge on any atom is -0.398 e. The van der Waals surface area contributed by atoms with Gasteiger partial charge in [0.1, 0.15) is 0 Å². The van der Waals surface area contributed by atoms with E-state index in [-0.39, 0.29) is 0 Å². The molecule has 0 saturated carbocycles. The first-order chi connectivity index (χ1) is 8.19. The van der Waals surface area contributed by atoms with Gasteiger partial charge in [0.15, 0.2) is 0 Å². The van der Waals surface area contributed by atoms with Crippen molar-refractivity contribution in [3.05, 3.63) is 29.3 Å². The fourth-order valence-electron chi connectivity index (χ4n) is 2.85. The van der Waals surface area contributed by atoms with Crippen LogP contribution in [-0.2, 0) is 0 Å². The highest BCUT2D eigenvalue weighted by Crippen LogP contribution is 2.37. The number of nitrogen functional groups attached to an aromatic ring is 1. The van der Waals surface area contributed by atoms with Crippen LogP contribution in [-0.4, -0.2) is 0 Å². The van der Waals surface area contributed by atoms with Gasteiger partial charge in [-0.15, -0.1) is 0 Å². The molecular weight excluding hydrogens is 206 g/mol. The molecule has 2 N–H and O–H groups in total. The summed E-state index contributed by atoms with van der Waals surface area (Å²) in [7, 11) is 0. The minimum absolute atomic E-state index is 0.617. The third-order valence-corrected chi connectivity index (χ3v) is 3.99. The van der Waals surface area contributed by atoms with Crippen molar-refractivity contribution in [2.24, 2.45) is 0 Å². The average molecular weight is 233 g/mol. The molecule has 0 radical (unpaired) electrons. The molecule has 0 heterocycles. The van der Waals surface area contributed by atoms with Crippen molar-refractivity contribution >= 4 is 5.69 Å². The van der Waals surface area contributed by atoms with Crippen LogP contribution in [0, 0.1) is 0 Å². The lowest BCUT2D eigenvalue weighted by molar-refractivity contribution is 0.595. The Balaban J connectivity index is 3.24. The van der Waals surface area contributed by atoms with Crippen molar-refractivity contribution in [3.63, 3.8) is 0 Å². The van der Waals surface area contributed by atoms with Crippen LogP contribution in [0.3, 0.4) is 0 Å². The van der Waals surface area contributed by atoms with Gasteiger partial charge in [-0.05, 0) is 54.7 Å². The van der Waals surface area contributed by atoms with Gasteiger partial charge in [0.25, 0.3) is 0 Å². The molecule has 0 saturated heterocycles. The second-order valence-corrected chi connectivity index (χ2v) is 4.88. The molecule has 1 aromatic carbocycles. The molecule has 1 aromatic rings. The quantitative estimate of drug-likeness (QED) is 0.681. The summed E-state index contributed by atoms with van der Waals surface area (Å²) in [5, 5.41) is 0. The van der Waals surface area contributed by atoms with E-state index in [1.54, 1.807) is 0 Å². The van der Waals surface area contributed by atoms with E-state index in [1.165, 1.54) is 36.8 Å². The second-order valence-electron chi connectivity index (χ2n) is 4.88. The zero-order valence-corrected chi connectivity index (χ0v) is 11.8. The van der Waals surface area contributed by atoms with Crippen molar-refractivity contribution in [1.82, 2.24) is 0 Å². The van der Waals surface area contributed by atoms with Gasteiger partial charge in [-0.2, -0.15) is 0 Å². The predicted octanol–water partition coefficient (Wildman–Crippen LogP) is 5.08. The number of rotatable bonds is 6. The largest absolute Gasteiger partial charge is 0.398 e. The topological polar surface area (TPSA) is 26.0 Å². The number of hydrogen-bond acceptors (Lipinski definition) is 1. The van der Waals surface area contributed by atoms with Crippen molar-refractivity contribution in [2.75, 3.05) is 5.73 Å². The Morgan fingerprint density at radius 3 is 1.88 bits per heavy atom. The van der Waals surface area contributed by atoms with Gasteiger partial charge in [0, 0.05) is 5.69 Å². The van der Waals surface area contributed by atoms with Gasteiger partial charge in [-0.1, -0.05) is 39.8 Å². The van der Waals surface area contributed by atoms with Crippen molar-refractivity contribution in [3.8, 4) is 0 Å². The highest BCUT2D eigenvalue weighted by molar-refractivity contribution is 5.54. The third kappa shape index (κ3) is 3.02. The molecule has 0 aliphatic heterocycles. The Kier molecular flexibility index (Phi) is 5.54. The maximum Gasteiger partial charge on any atom is 0.0352 e. The molecular formula is C16H27N. The Bertz CT molecular complexity index is 335. The molecule has 0 bridgehead atoms. The standard InChI is InChI=1S/C16H27N/c1-5-12(6-2)14-10-9-11-15(17)16(14)13(7-3)8-4/h9-13H,5-8,17H2,1-4H3. The molecule has 1 nitrogen and oxygen atoms in total. The monoisotopic (exact) mass is 233 g/mol. The summed E-state index contributed by atoms with van der Waals surface area (Å²) in [6, 6.07) is 6.44. The maximum absolute atomic E-state index is 6.22. The Morgan fingerprint density at radius 2 is 1.41 bits per heavy atom. The minimum atomic E-state index is 0.617. The Hall–Kier alpha value is -0.980. The highest BCUT2D eigenvalue weighted by Gasteiger charge is 2.19. The first-order valence-electron chi connectivity index (χ1n) is 7.07. The maximum atomic E-state index is 6.22. The summed E-state index contributed by atoms with van der Waals surface area (Å²) in [5.74, 6) is 1.28. The van der Waals surface area contributed by atoms with Crippen LogP contribution in [0.5, 0.6) is 0 Å². The number of benzene rings is 1. The molecule has 1 heteroatoms. The Morgan fingerprint density at radius 1 is 0.882 bits per heavy atom. The van der Waals surface area contributed by atoms with Gasteiger partial charge in [0.05, 0.1) is 0 Å². The lowest BCUT2D eigenvalue weighted by Crippen LogP contribution is -2.08. The van der Waals surface area contributed by atoms with Crippen LogP contribution in [0.4, 0.5) is 5.69 Å². The van der Waals surface area contributed by atoms with Crippen LogP contribution in [0.1, 0.15) is 76.3 Å². The molecule has 0 unspecified atom stereocenters. The van der Waals surface area contributed by atoms with E-state index in [9.17, 15) is 0 Å².